The van der Waals surface area contributed by atoms with E-state index in [9.17, 15) is 18.4 Å². The third kappa shape index (κ3) is 3.88. The van der Waals surface area contributed by atoms with Gasteiger partial charge in [0.2, 0.25) is 5.92 Å². The molecule has 2 aromatic rings. The summed E-state index contributed by atoms with van der Waals surface area (Å²) >= 11 is 0. The number of amides is 2. The second-order valence-electron chi connectivity index (χ2n) is 9.28. The van der Waals surface area contributed by atoms with Crippen molar-refractivity contribution in [1.82, 2.24) is 19.8 Å². The van der Waals surface area contributed by atoms with Crippen LogP contribution in [0.3, 0.4) is 0 Å². The number of carbonyl (C=O) groups is 2. The number of pyridine rings is 2. The average molecular weight is 472 g/mol. The van der Waals surface area contributed by atoms with Crippen LogP contribution in [0.2, 0.25) is 0 Å². The van der Waals surface area contributed by atoms with Crippen LogP contribution in [0.5, 0.6) is 5.75 Å². The quantitative estimate of drug-likeness (QED) is 0.700. The number of rotatable bonds is 2. The van der Waals surface area contributed by atoms with Gasteiger partial charge in [-0.1, -0.05) is 0 Å². The number of alkyl halides is 2. The van der Waals surface area contributed by atoms with Crippen molar-refractivity contribution >= 4 is 23.4 Å². The van der Waals surface area contributed by atoms with Crippen LogP contribution < -0.4 is 20.4 Å². The topological polar surface area (TPSA) is 104 Å². The largest absolute Gasteiger partial charge is 0.488 e. The molecule has 0 aromatic carbocycles. The van der Waals surface area contributed by atoms with Crippen molar-refractivity contribution in [3.8, 4) is 5.75 Å². The first kappa shape index (κ1) is 22.3. The predicted molar refractivity (Wildman–Crippen MR) is 119 cm³/mol. The van der Waals surface area contributed by atoms with Crippen LogP contribution in [0.25, 0.3) is 0 Å². The van der Waals surface area contributed by atoms with Gasteiger partial charge in [-0.15, -0.1) is 0 Å². The molecule has 0 atom stereocenters. The van der Waals surface area contributed by atoms with Crippen LogP contribution in [0.1, 0.15) is 36.0 Å². The summed E-state index contributed by atoms with van der Waals surface area (Å²) in [5, 5.41) is 10.6. The fourth-order valence-corrected chi connectivity index (χ4v) is 5.32. The second-order valence-corrected chi connectivity index (χ2v) is 9.28. The van der Waals surface area contributed by atoms with E-state index in [1.807, 2.05) is 4.90 Å². The van der Waals surface area contributed by atoms with Crippen LogP contribution in [0.15, 0.2) is 30.6 Å². The van der Waals surface area contributed by atoms with Crippen LogP contribution in [-0.4, -0.2) is 65.6 Å². The highest BCUT2D eigenvalue weighted by Crippen LogP contribution is 2.56. The Morgan fingerprint density at radius 3 is 2.74 bits per heavy atom. The zero-order valence-corrected chi connectivity index (χ0v) is 18.8. The first-order chi connectivity index (χ1) is 16.2. The minimum absolute atomic E-state index is 0.0114. The third-order valence-corrected chi connectivity index (χ3v) is 6.81. The van der Waals surface area contributed by atoms with Gasteiger partial charge in [-0.3, -0.25) is 14.8 Å². The molecule has 11 heteroatoms. The molecule has 2 fully saturated rings. The van der Waals surface area contributed by atoms with Crippen molar-refractivity contribution < 1.29 is 23.1 Å². The van der Waals surface area contributed by atoms with E-state index in [1.54, 1.807) is 23.1 Å². The Morgan fingerprint density at radius 1 is 1.24 bits per heavy atom. The number of likely N-dealkylation sites (tertiary alicyclic amines) is 1. The maximum atomic E-state index is 13.5. The number of halogens is 2. The van der Waals surface area contributed by atoms with Gasteiger partial charge in [0.05, 0.1) is 12.1 Å². The first-order valence-electron chi connectivity index (χ1n) is 11.3. The normalized spacial score (nSPS) is 20.2. The van der Waals surface area contributed by atoms with Gasteiger partial charge in [0.15, 0.2) is 11.6 Å². The van der Waals surface area contributed by atoms with E-state index in [0.717, 1.165) is 6.42 Å². The lowest BCUT2D eigenvalue weighted by molar-refractivity contribution is -0.176. The molecule has 34 heavy (non-hydrogen) atoms. The van der Waals surface area contributed by atoms with Crippen molar-refractivity contribution in [3.05, 3.63) is 41.6 Å². The minimum atomic E-state index is -2.62. The minimum Gasteiger partial charge on any atom is -0.488 e. The maximum Gasteiger partial charge on any atom is 0.326 e. The molecule has 1 saturated heterocycles. The first-order valence-corrected chi connectivity index (χ1v) is 11.3. The number of carbonyl (C=O) groups excluding carboxylic acids is 2. The van der Waals surface area contributed by atoms with Gasteiger partial charge < -0.3 is 19.9 Å². The molecule has 2 amide bonds. The molecule has 0 unspecified atom stereocenters. The highest BCUT2D eigenvalue weighted by molar-refractivity contribution is 5.95. The summed E-state index contributed by atoms with van der Waals surface area (Å²) in [6, 6.07) is 4.51. The number of anilines is 2. The van der Waals surface area contributed by atoms with Crippen molar-refractivity contribution in [2.24, 2.45) is 5.41 Å². The molecule has 2 aromatic heterocycles. The standard InChI is InChI=1S/C23H26F2N6O3/c1-27-21(33)31-6-3-16(10-18(31)26)30-7-8-34-17-9-15(11-28-19(17)30)20(32)29-5-2-4-22(14-29)12-23(24,25)13-22/h3,6,9-11,26H,2,4-5,7-8,12-14H2,1H3,(H,27,33). The summed E-state index contributed by atoms with van der Waals surface area (Å²) in [6.45, 7) is 1.72. The zero-order chi connectivity index (χ0) is 24.1. The molecule has 0 radical (unpaired) electrons. The van der Waals surface area contributed by atoms with E-state index in [4.69, 9.17) is 10.1 Å². The Labute approximate surface area is 194 Å². The Balaban J connectivity index is 1.37. The van der Waals surface area contributed by atoms with Crippen LogP contribution in [0.4, 0.5) is 25.1 Å². The lowest BCUT2D eigenvalue weighted by Crippen LogP contribution is -2.56. The predicted octanol–water partition coefficient (Wildman–Crippen LogP) is 2.73. The third-order valence-electron chi connectivity index (χ3n) is 6.81. The van der Waals surface area contributed by atoms with Crippen molar-refractivity contribution in [1.29, 1.82) is 5.41 Å². The smallest absolute Gasteiger partial charge is 0.326 e. The van der Waals surface area contributed by atoms with Gasteiger partial charge in [-0.2, -0.15) is 0 Å². The molecule has 1 saturated carbocycles. The number of fused-ring (bicyclic) bond motifs is 1. The number of hydrogen-bond donors (Lipinski definition) is 2. The number of aromatic nitrogens is 2. The van der Waals surface area contributed by atoms with Gasteiger partial charge in [-0.25, -0.2) is 18.6 Å². The lowest BCUT2D eigenvalue weighted by atomic mass is 9.62. The summed E-state index contributed by atoms with van der Waals surface area (Å²) in [5.74, 6) is -1.90. The summed E-state index contributed by atoms with van der Waals surface area (Å²) in [5.41, 5.74) is 0.567. The van der Waals surface area contributed by atoms with Crippen LogP contribution >= 0.6 is 0 Å². The SMILES string of the molecule is CNC(=O)n1ccc(N2CCOc3cc(C(=O)N4CCCC5(C4)CC(F)(F)C5)cnc32)cc1=N. The van der Waals surface area contributed by atoms with E-state index in [1.165, 1.54) is 24.0 Å². The number of hydrogen-bond acceptors (Lipinski definition) is 6. The Kier molecular flexibility index (Phi) is 5.29. The van der Waals surface area contributed by atoms with Crippen LogP contribution in [0, 0.1) is 10.8 Å². The van der Waals surface area contributed by atoms with Gasteiger partial charge in [0, 0.05) is 57.1 Å². The molecule has 5 rings (SSSR count). The molecule has 180 valence electrons. The highest BCUT2D eigenvalue weighted by Gasteiger charge is 2.57. The highest BCUT2D eigenvalue weighted by atomic mass is 19.3. The molecule has 0 bridgehead atoms. The molecule has 4 heterocycles. The van der Waals surface area contributed by atoms with E-state index in [0.29, 0.717) is 55.5 Å². The molecule has 3 aliphatic rings. The van der Waals surface area contributed by atoms with Gasteiger partial charge in [0.1, 0.15) is 12.1 Å². The second kappa shape index (κ2) is 8.07. The zero-order valence-electron chi connectivity index (χ0n) is 18.8. The molecule has 1 aliphatic carbocycles. The lowest BCUT2D eigenvalue weighted by Gasteiger charge is -2.52. The van der Waals surface area contributed by atoms with E-state index >= 15 is 0 Å². The molecular weight excluding hydrogens is 446 g/mol. The molecule has 9 nitrogen and oxygen atoms in total. The average Bonchev–Trinajstić information content (AvgIpc) is 2.81. The Morgan fingerprint density at radius 2 is 2.03 bits per heavy atom. The van der Waals surface area contributed by atoms with Crippen molar-refractivity contribution in [2.75, 3.05) is 38.2 Å². The van der Waals surface area contributed by atoms with Crippen LogP contribution in [-0.2, 0) is 0 Å². The van der Waals surface area contributed by atoms with Crippen molar-refractivity contribution in [3.63, 3.8) is 0 Å². The summed E-state index contributed by atoms with van der Waals surface area (Å²) in [6.07, 6.45) is 4.12. The van der Waals surface area contributed by atoms with Gasteiger partial charge in [0.25, 0.3) is 5.91 Å². The monoisotopic (exact) mass is 472 g/mol. The molecular formula is C23H26F2N6O3. The number of nitrogens with zero attached hydrogens (tertiary/aromatic N) is 4. The Bertz CT molecular complexity index is 1210. The summed E-state index contributed by atoms with van der Waals surface area (Å²) in [4.78, 5) is 33.0. The van der Waals surface area contributed by atoms with Gasteiger partial charge >= 0.3 is 6.03 Å². The number of ether oxygens (including phenoxy) is 1. The van der Waals surface area contributed by atoms with E-state index in [-0.39, 0.29) is 24.2 Å². The maximum absolute atomic E-state index is 13.5. The number of piperidine rings is 1. The molecule has 2 N–H and O–H groups in total. The summed E-state index contributed by atoms with van der Waals surface area (Å²) < 4.78 is 34.0. The summed E-state index contributed by atoms with van der Waals surface area (Å²) in [7, 11) is 1.49. The van der Waals surface area contributed by atoms with Gasteiger partial charge in [-0.05, 0) is 30.4 Å². The number of nitrogens with one attached hydrogen (secondary N) is 2. The van der Waals surface area contributed by atoms with E-state index in [2.05, 4.69) is 10.3 Å². The van der Waals surface area contributed by atoms with E-state index < -0.39 is 17.4 Å². The molecule has 2 aliphatic heterocycles. The van der Waals surface area contributed by atoms with Crippen molar-refractivity contribution in [2.45, 2.75) is 31.6 Å². The fraction of sp³-hybridized carbons (Fsp3) is 0.478. The Hall–Kier alpha value is -3.50. The molecule has 1 spiro atoms. The fourth-order valence-electron chi connectivity index (χ4n) is 5.32.